The van der Waals surface area contributed by atoms with E-state index in [9.17, 15) is 9.90 Å². The van der Waals surface area contributed by atoms with Crippen LogP contribution in [0.4, 0.5) is 5.13 Å². The Balaban J connectivity index is 1.71. The Kier molecular flexibility index (Phi) is 4.49. The van der Waals surface area contributed by atoms with Gasteiger partial charge in [0.15, 0.2) is 0 Å². The minimum absolute atomic E-state index is 0.423. The predicted molar refractivity (Wildman–Crippen MR) is 87.8 cm³/mol. The fourth-order valence-electron chi connectivity index (χ4n) is 1.93. The van der Waals surface area contributed by atoms with Crippen molar-refractivity contribution in [2.75, 3.05) is 12.0 Å². The molecule has 3 aromatic rings. The number of rotatable bonds is 6. The number of hydrazone groups is 1. The molecule has 6 nitrogen and oxygen atoms in total. The van der Waals surface area contributed by atoms with Gasteiger partial charge >= 0.3 is 0 Å². The monoisotopic (exact) mass is 326 g/mol. The highest BCUT2D eigenvalue weighted by atomic mass is 32.1. The second-order valence-corrected chi connectivity index (χ2v) is 5.59. The van der Waals surface area contributed by atoms with E-state index in [0.29, 0.717) is 16.4 Å². The van der Waals surface area contributed by atoms with E-state index in [1.807, 2.05) is 30.3 Å². The van der Waals surface area contributed by atoms with Crippen molar-refractivity contribution < 1.29 is 14.6 Å². The number of carboxylic acids is 1. The molecule has 3 rings (SSSR count). The molecular formula is C16H12N3O3S-. The quantitative estimate of drug-likeness (QED) is 0.552. The van der Waals surface area contributed by atoms with Gasteiger partial charge in [-0.3, -0.25) is 5.43 Å². The number of aliphatic carboxylic acids is 1. The molecule has 1 aromatic heterocycles. The fraction of sp³-hybridized carbons (Fsp3) is 0.0625. The standard InChI is InChI=1S/C16H13N3O3S/c20-15(21)10-22-13-7-3-1-5-11(13)9-17-19-16-18-12-6-2-4-8-14(12)23-16/h1-9H,10H2,(H,18,19)(H,20,21)/p-1/b17-9-. The lowest BCUT2D eigenvalue weighted by Gasteiger charge is -2.08. The van der Waals surface area contributed by atoms with Gasteiger partial charge in [0.05, 0.1) is 22.4 Å². The molecule has 1 N–H and O–H groups in total. The highest BCUT2D eigenvalue weighted by Crippen LogP contribution is 2.25. The lowest BCUT2D eigenvalue weighted by Crippen LogP contribution is -2.29. The van der Waals surface area contributed by atoms with Crippen LogP contribution in [0.15, 0.2) is 53.6 Å². The van der Waals surface area contributed by atoms with Gasteiger partial charge in [-0.15, -0.1) is 0 Å². The number of ether oxygens (including phenoxy) is 1. The highest BCUT2D eigenvalue weighted by Gasteiger charge is 2.02. The maximum atomic E-state index is 10.5. The molecule has 23 heavy (non-hydrogen) atoms. The Morgan fingerprint density at radius 3 is 2.87 bits per heavy atom. The van der Waals surface area contributed by atoms with E-state index < -0.39 is 12.6 Å². The van der Waals surface area contributed by atoms with E-state index in [2.05, 4.69) is 15.5 Å². The summed E-state index contributed by atoms with van der Waals surface area (Å²) in [6, 6.07) is 14.8. The molecule has 0 bridgehead atoms. The number of carbonyl (C=O) groups is 1. The summed E-state index contributed by atoms with van der Waals surface area (Å²) in [6.45, 7) is -0.504. The van der Waals surface area contributed by atoms with Crippen molar-refractivity contribution in [2.45, 2.75) is 0 Å². The number of hydrogen-bond donors (Lipinski definition) is 1. The van der Waals surface area contributed by atoms with Crippen LogP contribution in [0, 0.1) is 0 Å². The first-order valence-electron chi connectivity index (χ1n) is 6.79. The van der Waals surface area contributed by atoms with Crippen molar-refractivity contribution in [3.8, 4) is 5.75 Å². The van der Waals surface area contributed by atoms with Crippen molar-refractivity contribution in [1.29, 1.82) is 0 Å². The maximum absolute atomic E-state index is 10.5. The first-order chi connectivity index (χ1) is 11.2. The van der Waals surface area contributed by atoms with E-state index in [1.165, 1.54) is 11.3 Å². The molecule has 0 spiro atoms. The third-order valence-electron chi connectivity index (χ3n) is 2.92. The summed E-state index contributed by atoms with van der Waals surface area (Å²) in [4.78, 5) is 14.9. The van der Waals surface area contributed by atoms with E-state index in [-0.39, 0.29) is 0 Å². The SMILES string of the molecule is O=C([O-])COc1ccccc1/C=N\Nc1nc2ccccc2s1. The smallest absolute Gasteiger partial charge is 0.204 e. The van der Waals surface area contributed by atoms with Crippen LogP contribution in [0.1, 0.15) is 5.56 Å². The van der Waals surface area contributed by atoms with Gasteiger partial charge in [0.1, 0.15) is 12.4 Å². The molecule has 0 aliphatic heterocycles. The zero-order chi connectivity index (χ0) is 16.1. The lowest BCUT2D eigenvalue weighted by atomic mass is 10.2. The molecule has 7 heteroatoms. The van der Waals surface area contributed by atoms with Gasteiger partial charge in [-0.1, -0.05) is 35.6 Å². The average Bonchev–Trinajstić information content (AvgIpc) is 2.96. The van der Waals surface area contributed by atoms with Gasteiger partial charge in [-0.05, 0) is 24.3 Å². The van der Waals surface area contributed by atoms with Gasteiger partial charge in [-0.25, -0.2) is 4.98 Å². The highest BCUT2D eigenvalue weighted by molar-refractivity contribution is 7.22. The normalized spacial score (nSPS) is 11.0. The number of thiazole rings is 1. The van der Waals surface area contributed by atoms with Gasteiger partial charge < -0.3 is 14.6 Å². The predicted octanol–water partition coefficient (Wildman–Crippen LogP) is 1.87. The van der Waals surface area contributed by atoms with Gasteiger partial charge in [0.2, 0.25) is 5.13 Å². The van der Waals surface area contributed by atoms with Crippen molar-refractivity contribution in [3.63, 3.8) is 0 Å². The summed E-state index contributed by atoms with van der Waals surface area (Å²) in [6.07, 6.45) is 1.55. The van der Waals surface area contributed by atoms with Crippen LogP contribution < -0.4 is 15.3 Å². The number of hydrogen-bond acceptors (Lipinski definition) is 7. The molecule has 0 saturated heterocycles. The van der Waals surface area contributed by atoms with Crippen LogP contribution in [0.2, 0.25) is 0 Å². The Morgan fingerprint density at radius 1 is 1.26 bits per heavy atom. The number of carboxylic acid groups (broad SMARTS) is 1. The molecule has 0 unspecified atom stereocenters. The number of benzene rings is 2. The summed E-state index contributed by atoms with van der Waals surface area (Å²) in [7, 11) is 0. The number of para-hydroxylation sites is 2. The third kappa shape index (κ3) is 3.83. The molecular weight excluding hydrogens is 314 g/mol. The minimum Gasteiger partial charge on any atom is -0.546 e. The number of nitrogens with one attached hydrogen (secondary N) is 1. The largest absolute Gasteiger partial charge is 0.546 e. The van der Waals surface area contributed by atoms with Gasteiger partial charge in [0.25, 0.3) is 0 Å². The van der Waals surface area contributed by atoms with Crippen LogP contribution in [-0.4, -0.2) is 23.8 Å². The van der Waals surface area contributed by atoms with Crippen LogP contribution in [-0.2, 0) is 4.79 Å². The minimum atomic E-state index is -1.27. The molecule has 0 atom stereocenters. The third-order valence-corrected chi connectivity index (χ3v) is 3.86. The average molecular weight is 326 g/mol. The maximum Gasteiger partial charge on any atom is 0.204 e. The second-order valence-electron chi connectivity index (χ2n) is 4.56. The summed E-state index contributed by atoms with van der Waals surface area (Å²) >= 11 is 1.50. The molecule has 0 aliphatic carbocycles. The molecule has 116 valence electrons. The Morgan fingerprint density at radius 2 is 2.04 bits per heavy atom. The van der Waals surface area contributed by atoms with E-state index in [4.69, 9.17) is 4.74 Å². The Labute approximate surface area is 136 Å². The van der Waals surface area contributed by atoms with Gasteiger partial charge in [0, 0.05) is 5.56 Å². The summed E-state index contributed by atoms with van der Waals surface area (Å²) in [5.41, 5.74) is 4.43. The number of carbonyl (C=O) groups excluding carboxylic acids is 1. The molecule has 2 aromatic carbocycles. The summed E-state index contributed by atoms with van der Waals surface area (Å²) in [5.74, 6) is -0.851. The van der Waals surface area contributed by atoms with Crippen molar-refractivity contribution in [2.24, 2.45) is 5.10 Å². The van der Waals surface area contributed by atoms with Crippen LogP contribution in [0.5, 0.6) is 5.75 Å². The Hall–Kier alpha value is -2.93. The van der Waals surface area contributed by atoms with Crippen LogP contribution in [0.25, 0.3) is 10.2 Å². The van der Waals surface area contributed by atoms with Crippen molar-refractivity contribution in [1.82, 2.24) is 4.98 Å². The molecule has 0 radical (unpaired) electrons. The first kappa shape index (κ1) is 15.0. The zero-order valence-electron chi connectivity index (χ0n) is 11.9. The molecule has 0 aliphatic rings. The lowest BCUT2D eigenvalue weighted by molar-refractivity contribution is -0.307. The number of fused-ring (bicyclic) bond motifs is 1. The number of nitrogens with zero attached hydrogens (tertiary/aromatic N) is 2. The van der Waals surface area contributed by atoms with Crippen molar-refractivity contribution >= 4 is 38.9 Å². The second kappa shape index (κ2) is 6.89. The fourth-order valence-corrected chi connectivity index (χ4v) is 2.75. The number of anilines is 1. The first-order valence-corrected chi connectivity index (χ1v) is 7.60. The van der Waals surface area contributed by atoms with Crippen molar-refractivity contribution in [3.05, 3.63) is 54.1 Å². The summed E-state index contributed by atoms with van der Waals surface area (Å²) < 4.78 is 6.23. The van der Waals surface area contributed by atoms with E-state index >= 15 is 0 Å². The number of aromatic nitrogens is 1. The summed E-state index contributed by atoms with van der Waals surface area (Å²) in [5, 5.41) is 15.3. The zero-order valence-corrected chi connectivity index (χ0v) is 12.7. The molecule has 0 saturated carbocycles. The Bertz CT molecular complexity index is 827. The topological polar surface area (TPSA) is 86.6 Å². The molecule has 0 fully saturated rings. The molecule has 1 heterocycles. The van der Waals surface area contributed by atoms with Crippen LogP contribution >= 0.6 is 11.3 Å². The van der Waals surface area contributed by atoms with E-state index in [0.717, 1.165) is 10.2 Å². The van der Waals surface area contributed by atoms with E-state index in [1.54, 1.807) is 24.4 Å². The van der Waals surface area contributed by atoms with Gasteiger partial charge in [-0.2, -0.15) is 5.10 Å². The van der Waals surface area contributed by atoms with Crippen LogP contribution in [0.3, 0.4) is 0 Å². The molecule has 0 amide bonds.